The number of nitrogens with one attached hydrogen (secondary N) is 1. The highest BCUT2D eigenvalue weighted by molar-refractivity contribution is 7.71. The van der Waals surface area contributed by atoms with E-state index in [1.165, 1.54) is 6.33 Å². The van der Waals surface area contributed by atoms with Gasteiger partial charge in [0.2, 0.25) is 0 Å². The fraction of sp³-hybridized carbons (Fsp3) is 0.316. The second kappa shape index (κ2) is 7.68. The van der Waals surface area contributed by atoms with E-state index >= 15 is 0 Å². The highest BCUT2D eigenvalue weighted by Crippen LogP contribution is 2.33. The van der Waals surface area contributed by atoms with E-state index in [4.69, 9.17) is 22.7 Å². The number of anilines is 1. The first-order valence-corrected chi connectivity index (χ1v) is 8.91. The van der Waals surface area contributed by atoms with Crippen molar-refractivity contribution in [2.75, 3.05) is 12.3 Å². The van der Waals surface area contributed by atoms with Gasteiger partial charge < -0.3 is 20.0 Å². The van der Waals surface area contributed by atoms with E-state index in [1.807, 2.05) is 38.1 Å². The third-order valence-corrected chi connectivity index (χ3v) is 4.43. The molecule has 0 atom stereocenters. The lowest BCUT2D eigenvalue weighted by molar-refractivity contribution is 0.0751. The minimum Gasteiger partial charge on any atom is -0.399 e. The Morgan fingerprint density at radius 3 is 2.73 bits per heavy atom. The molecule has 0 radical (unpaired) electrons. The van der Waals surface area contributed by atoms with Gasteiger partial charge in [0.15, 0.2) is 4.64 Å². The average molecular weight is 367 g/mol. The molecule has 0 aliphatic heterocycles. The molecule has 3 aromatic rings. The Hall–Kier alpha value is -2.69. The summed E-state index contributed by atoms with van der Waals surface area (Å²) in [6, 6.07) is 9.82. The number of benzene rings is 1. The summed E-state index contributed by atoms with van der Waals surface area (Å²) in [4.78, 5) is 7.28. The summed E-state index contributed by atoms with van der Waals surface area (Å²) in [5, 5.41) is 9.79. The minimum atomic E-state index is 0.187. The molecule has 2 heterocycles. The first kappa shape index (κ1) is 18.1. The second-order valence-electron chi connectivity index (χ2n) is 6.31. The maximum atomic E-state index is 9.79. The van der Waals surface area contributed by atoms with Crippen LogP contribution < -0.4 is 5.73 Å². The molecule has 1 aromatic carbocycles. The van der Waals surface area contributed by atoms with E-state index in [9.17, 15) is 5.26 Å². The Morgan fingerprint density at radius 2 is 2.08 bits per heavy atom. The molecule has 0 unspecified atom stereocenters. The van der Waals surface area contributed by atoms with Crippen molar-refractivity contribution in [3.05, 3.63) is 40.8 Å². The highest BCUT2D eigenvalue weighted by Gasteiger charge is 2.20. The number of nitriles is 1. The molecule has 3 rings (SSSR count). The molecule has 134 valence electrons. The van der Waals surface area contributed by atoms with E-state index in [0.717, 1.165) is 23.2 Å². The molecule has 2 aromatic heterocycles. The number of H-pyrrole nitrogens is 1. The van der Waals surface area contributed by atoms with Gasteiger partial charge in [-0.2, -0.15) is 5.26 Å². The summed E-state index contributed by atoms with van der Waals surface area (Å²) in [6.07, 6.45) is 2.52. The van der Waals surface area contributed by atoms with E-state index in [0.29, 0.717) is 34.6 Å². The largest absolute Gasteiger partial charge is 0.399 e. The van der Waals surface area contributed by atoms with Gasteiger partial charge >= 0.3 is 0 Å². The normalized spacial score (nSPS) is 11.2. The van der Waals surface area contributed by atoms with Crippen molar-refractivity contribution in [1.29, 1.82) is 5.26 Å². The number of fused-ring (bicyclic) bond motifs is 1. The van der Waals surface area contributed by atoms with Crippen LogP contribution in [0.15, 0.2) is 30.6 Å². The third kappa shape index (κ3) is 3.47. The summed E-state index contributed by atoms with van der Waals surface area (Å²) in [7, 11) is 0. The Morgan fingerprint density at radius 1 is 1.35 bits per heavy atom. The quantitative estimate of drug-likeness (QED) is 0.390. The van der Waals surface area contributed by atoms with Crippen molar-refractivity contribution in [2.45, 2.75) is 32.9 Å². The fourth-order valence-corrected chi connectivity index (χ4v) is 3.28. The van der Waals surface area contributed by atoms with Crippen molar-refractivity contribution in [3.63, 3.8) is 0 Å². The van der Waals surface area contributed by atoms with Gasteiger partial charge in [-0.05, 0) is 38.0 Å². The lowest BCUT2D eigenvalue weighted by Gasteiger charge is -2.12. The van der Waals surface area contributed by atoms with Crippen LogP contribution in [-0.4, -0.2) is 27.2 Å². The van der Waals surface area contributed by atoms with Crippen LogP contribution in [0.2, 0.25) is 0 Å². The van der Waals surface area contributed by atoms with E-state index in [2.05, 4.69) is 20.6 Å². The zero-order valence-electron chi connectivity index (χ0n) is 14.8. The van der Waals surface area contributed by atoms with Crippen LogP contribution in [0.4, 0.5) is 5.69 Å². The Labute approximate surface area is 157 Å². The molecular weight excluding hydrogens is 346 g/mol. The molecule has 0 saturated carbocycles. The molecule has 26 heavy (non-hydrogen) atoms. The number of rotatable bonds is 6. The van der Waals surface area contributed by atoms with Gasteiger partial charge in [-0.1, -0.05) is 24.4 Å². The van der Waals surface area contributed by atoms with E-state index in [-0.39, 0.29) is 6.10 Å². The van der Waals surface area contributed by atoms with Crippen LogP contribution in [0.1, 0.15) is 25.8 Å². The van der Waals surface area contributed by atoms with Gasteiger partial charge in [0.25, 0.3) is 0 Å². The number of aromatic amines is 1. The fourth-order valence-electron chi connectivity index (χ4n) is 3.01. The van der Waals surface area contributed by atoms with Crippen LogP contribution in [0.5, 0.6) is 0 Å². The SMILES string of the molecule is CC(C)OCCCn1c(-c2ccc(N)cc2)c(C#N)c2[nH]cnc(=S)c21. The van der Waals surface area contributed by atoms with Gasteiger partial charge in [0.1, 0.15) is 17.1 Å². The summed E-state index contributed by atoms with van der Waals surface area (Å²) in [5.74, 6) is 0. The second-order valence-corrected chi connectivity index (χ2v) is 6.70. The molecule has 0 amide bonds. The van der Waals surface area contributed by atoms with Crippen LogP contribution in [-0.2, 0) is 11.3 Å². The van der Waals surface area contributed by atoms with Gasteiger partial charge in [0, 0.05) is 18.8 Å². The number of hydrogen-bond donors (Lipinski definition) is 2. The number of ether oxygens (including phenoxy) is 1. The summed E-state index contributed by atoms with van der Waals surface area (Å²) < 4.78 is 8.19. The number of nitrogens with two attached hydrogens (primary N) is 1. The van der Waals surface area contributed by atoms with Crippen molar-refractivity contribution < 1.29 is 4.74 Å². The van der Waals surface area contributed by atoms with Gasteiger partial charge in [-0.25, -0.2) is 4.98 Å². The number of hydrogen-bond acceptors (Lipinski definition) is 5. The molecule has 0 saturated heterocycles. The molecule has 0 aliphatic rings. The zero-order chi connectivity index (χ0) is 18.7. The summed E-state index contributed by atoms with van der Waals surface area (Å²) in [6.45, 7) is 5.34. The Balaban J connectivity index is 2.15. The lowest BCUT2D eigenvalue weighted by Crippen LogP contribution is -2.08. The first-order valence-electron chi connectivity index (χ1n) is 8.50. The van der Waals surface area contributed by atoms with Crippen molar-refractivity contribution >= 4 is 28.9 Å². The Kier molecular flexibility index (Phi) is 5.35. The van der Waals surface area contributed by atoms with E-state index < -0.39 is 0 Å². The van der Waals surface area contributed by atoms with Gasteiger partial charge in [0.05, 0.1) is 23.6 Å². The van der Waals surface area contributed by atoms with Crippen molar-refractivity contribution in [2.24, 2.45) is 0 Å². The summed E-state index contributed by atoms with van der Waals surface area (Å²) >= 11 is 5.44. The van der Waals surface area contributed by atoms with Gasteiger partial charge in [-0.15, -0.1) is 0 Å². The average Bonchev–Trinajstić information content (AvgIpc) is 2.94. The molecule has 0 aliphatic carbocycles. The first-order chi connectivity index (χ1) is 12.5. The topological polar surface area (TPSA) is 92.6 Å². The monoisotopic (exact) mass is 367 g/mol. The molecule has 0 fully saturated rings. The highest BCUT2D eigenvalue weighted by atomic mass is 32.1. The smallest absolute Gasteiger partial charge is 0.153 e. The number of nitrogen functional groups attached to an aromatic ring is 1. The van der Waals surface area contributed by atoms with Crippen LogP contribution in [0, 0.1) is 16.0 Å². The third-order valence-electron chi connectivity index (χ3n) is 4.13. The van der Waals surface area contributed by atoms with Crippen LogP contribution >= 0.6 is 12.2 Å². The molecular formula is C19H21N5OS. The molecule has 6 nitrogen and oxygen atoms in total. The Bertz CT molecular complexity index is 1010. The maximum absolute atomic E-state index is 9.79. The van der Waals surface area contributed by atoms with E-state index in [1.54, 1.807) is 0 Å². The van der Waals surface area contributed by atoms with Crippen molar-refractivity contribution in [1.82, 2.24) is 14.5 Å². The van der Waals surface area contributed by atoms with Crippen LogP contribution in [0.25, 0.3) is 22.3 Å². The molecule has 0 spiro atoms. The zero-order valence-corrected chi connectivity index (χ0v) is 15.6. The van der Waals surface area contributed by atoms with Gasteiger partial charge in [-0.3, -0.25) is 0 Å². The minimum absolute atomic E-state index is 0.187. The molecule has 3 N–H and O–H groups in total. The van der Waals surface area contributed by atoms with Crippen LogP contribution in [0.3, 0.4) is 0 Å². The number of aromatic nitrogens is 3. The standard InChI is InChI=1S/C19H21N5OS/c1-12(2)25-9-3-8-24-17(13-4-6-14(21)7-5-13)15(10-20)16-18(24)19(26)23-11-22-16/h4-7,11-12H,3,8-9,21H2,1-2H3,(H,22,23,26). The number of aryl methyl sites for hydroxylation is 1. The van der Waals surface area contributed by atoms with Crippen molar-refractivity contribution in [3.8, 4) is 17.3 Å². The number of nitrogens with zero attached hydrogens (tertiary/aromatic N) is 3. The maximum Gasteiger partial charge on any atom is 0.153 e. The predicted octanol–water partition coefficient (Wildman–Crippen LogP) is 4.03. The summed E-state index contributed by atoms with van der Waals surface area (Å²) in [5.41, 5.74) is 10.3. The molecule has 0 bridgehead atoms. The lowest BCUT2D eigenvalue weighted by atomic mass is 10.1. The molecule has 7 heteroatoms. The predicted molar refractivity (Wildman–Crippen MR) is 105 cm³/mol.